The number of anilines is 1. The van der Waals surface area contributed by atoms with Gasteiger partial charge in [-0.25, -0.2) is 21.5 Å². The number of hydrogen-bond donors (Lipinski definition) is 1. The quantitative estimate of drug-likeness (QED) is 0.920. The molecule has 1 aliphatic rings. The van der Waals surface area contributed by atoms with E-state index in [0.29, 0.717) is 12.8 Å². The van der Waals surface area contributed by atoms with Crippen LogP contribution in [-0.4, -0.2) is 38.0 Å². The van der Waals surface area contributed by atoms with Gasteiger partial charge in [-0.15, -0.1) is 0 Å². The molecule has 116 valence electrons. The molecule has 2 rings (SSSR count). The Bertz CT molecular complexity index is 641. The number of benzene rings is 1. The predicted octanol–water partition coefficient (Wildman–Crippen LogP) is 1.57. The van der Waals surface area contributed by atoms with E-state index in [1.807, 2.05) is 0 Å². The van der Waals surface area contributed by atoms with Gasteiger partial charge in [-0.05, 0) is 25.0 Å². The molecule has 1 aromatic carbocycles. The Labute approximate surface area is 122 Å². The van der Waals surface area contributed by atoms with Crippen LogP contribution in [0.25, 0.3) is 0 Å². The van der Waals surface area contributed by atoms with Crippen LogP contribution in [-0.2, 0) is 14.8 Å². The molecule has 0 bridgehead atoms. The molecule has 1 aliphatic heterocycles. The number of carbonyl (C=O) groups is 1. The summed E-state index contributed by atoms with van der Waals surface area (Å²) in [4.78, 5) is 12.0. The fourth-order valence-electron chi connectivity index (χ4n) is 2.28. The fourth-order valence-corrected chi connectivity index (χ4v) is 3.15. The van der Waals surface area contributed by atoms with E-state index in [1.165, 1.54) is 4.31 Å². The Morgan fingerprint density at radius 3 is 2.48 bits per heavy atom. The monoisotopic (exact) mass is 318 g/mol. The van der Waals surface area contributed by atoms with E-state index in [9.17, 15) is 22.0 Å². The van der Waals surface area contributed by atoms with Gasteiger partial charge in [0.25, 0.3) is 0 Å². The molecule has 1 aromatic rings. The van der Waals surface area contributed by atoms with Crippen LogP contribution in [0, 0.1) is 17.6 Å². The maximum absolute atomic E-state index is 13.4. The van der Waals surface area contributed by atoms with Gasteiger partial charge in [-0.2, -0.15) is 0 Å². The van der Waals surface area contributed by atoms with Crippen molar-refractivity contribution in [1.82, 2.24) is 4.31 Å². The van der Waals surface area contributed by atoms with E-state index in [4.69, 9.17) is 0 Å². The summed E-state index contributed by atoms with van der Waals surface area (Å²) >= 11 is 0. The lowest BCUT2D eigenvalue weighted by molar-refractivity contribution is -0.120. The molecule has 0 radical (unpaired) electrons. The van der Waals surface area contributed by atoms with Gasteiger partial charge < -0.3 is 5.32 Å². The van der Waals surface area contributed by atoms with E-state index in [1.54, 1.807) is 0 Å². The van der Waals surface area contributed by atoms with Crippen LogP contribution >= 0.6 is 0 Å². The highest BCUT2D eigenvalue weighted by atomic mass is 32.2. The number of amides is 1. The number of rotatable bonds is 3. The average Bonchev–Trinajstić information content (AvgIpc) is 2.42. The maximum Gasteiger partial charge on any atom is 0.227 e. The Kier molecular flexibility index (Phi) is 4.58. The second kappa shape index (κ2) is 6.07. The van der Waals surface area contributed by atoms with Gasteiger partial charge in [0.2, 0.25) is 15.9 Å². The van der Waals surface area contributed by atoms with Gasteiger partial charge in [0.05, 0.1) is 11.9 Å². The first-order valence-electron chi connectivity index (χ1n) is 6.48. The largest absolute Gasteiger partial charge is 0.323 e. The molecule has 0 aliphatic carbocycles. The SMILES string of the molecule is CS(=O)(=O)N1CCC(C(=O)Nc2cc(F)ccc2F)CC1. The predicted molar refractivity (Wildman–Crippen MR) is 74.1 cm³/mol. The molecule has 0 atom stereocenters. The number of nitrogens with zero attached hydrogens (tertiary/aromatic N) is 1. The minimum Gasteiger partial charge on any atom is -0.323 e. The van der Waals surface area contributed by atoms with Crippen LogP contribution in [0.2, 0.25) is 0 Å². The molecule has 5 nitrogen and oxygen atoms in total. The zero-order valence-electron chi connectivity index (χ0n) is 11.5. The summed E-state index contributed by atoms with van der Waals surface area (Å²) in [6, 6.07) is 2.83. The van der Waals surface area contributed by atoms with Crippen LogP contribution in [0.3, 0.4) is 0 Å². The highest BCUT2D eigenvalue weighted by molar-refractivity contribution is 7.88. The summed E-state index contributed by atoms with van der Waals surface area (Å²) in [6.45, 7) is 0.505. The average molecular weight is 318 g/mol. The van der Waals surface area contributed by atoms with E-state index in [0.717, 1.165) is 24.5 Å². The van der Waals surface area contributed by atoms with Crippen molar-refractivity contribution in [2.24, 2.45) is 5.92 Å². The summed E-state index contributed by atoms with van der Waals surface area (Å²) in [5.74, 6) is -2.18. The maximum atomic E-state index is 13.4. The minimum atomic E-state index is -3.25. The second-order valence-electron chi connectivity index (χ2n) is 5.05. The van der Waals surface area contributed by atoms with Crippen LogP contribution in [0.1, 0.15) is 12.8 Å². The molecule has 8 heteroatoms. The molecule has 0 saturated carbocycles. The Morgan fingerprint density at radius 1 is 1.29 bits per heavy atom. The van der Waals surface area contributed by atoms with Gasteiger partial charge in [0.15, 0.2) is 0 Å². The first-order chi connectivity index (χ1) is 9.77. The van der Waals surface area contributed by atoms with Crippen LogP contribution < -0.4 is 5.32 Å². The summed E-state index contributed by atoms with van der Waals surface area (Å²) in [6.07, 6.45) is 1.83. The van der Waals surface area contributed by atoms with E-state index in [2.05, 4.69) is 5.32 Å². The summed E-state index contributed by atoms with van der Waals surface area (Å²) in [5.41, 5.74) is -0.203. The molecule has 1 fully saturated rings. The molecule has 1 N–H and O–H groups in total. The summed E-state index contributed by atoms with van der Waals surface area (Å²) < 4.78 is 50.5. The molecule has 0 aromatic heterocycles. The summed E-state index contributed by atoms with van der Waals surface area (Å²) in [5, 5.41) is 2.35. The molecule has 21 heavy (non-hydrogen) atoms. The Morgan fingerprint density at radius 2 is 1.90 bits per heavy atom. The molecular weight excluding hydrogens is 302 g/mol. The van der Waals surface area contributed by atoms with Crippen molar-refractivity contribution in [3.05, 3.63) is 29.8 Å². The molecule has 0 unspecified atom stereocenters. The molecule has 1 saturated heterocycles. The fraction of sp³-hybridized carbons (Fsp3) is 0.462. The Balaban J connectivity index is 1.98. The van der Waals surface area contributed by atoms with Gasteiger partial charge in [0.1, 0.15) is 11.6 Å². The lowest BCUT2D eigenvalue weighted by atomic mass is 9.97. The van der Waals surface area contributed by atoms with Crippen molar-refractivity contribution in [3.8, 4) is 0 Å². The third kappa shape index (κ3) is 3.98. The van der Waals surface area contributed by atoms with Gasteiger partial charge in [0, 0.05) is 25.1 Å². The zero-order valence-corrected chi connectivity index (χ0v) is 12.3. The van der Waals surface area contributed by atoms with Crippen molar-refractivity contribution < 1.29 is 22.0 Å². The second-order valence-corrected chi connectivity index (χ2v) is 7.03. The van der Waals surface area contributed by atoms with Gasteiger partial charge in [-0.1, -0.05) is 0 Å². The van der Waals surface area contributed by atoms with Crippen LogP contribution in [0.15, 0.2) is 18.2 Å². The minimum absolute atomic E-state index is 0.203. The van der Waals surface area contributed by atoms with Crippen molar-refractivity contribution in [2.75, 3.05) is 24.7 Å². The van der Waals surface area contributed by atoms with Crippen LogP contribution in [0.4, 0.5) is 14.5 Å². The lowest BCUT2D eigenvalue weighted by Crippen LogP contribution is -2.40. The normalized spacial score (nSPS) is 17.7. The molecular formula is C13H16F2N2O3S. The molecule has 1 heterocycles. The summed E-state index contributed by atoms with van der Waals surface area (Å²) in [7, 11) is -3.25. The third-order valence-electron chi connectivity index (χ3n) is 3.48. The van der Waals surface area contributed by atoms with E-state index in [-0.39, 0.29) is 18.8 Å². The number of halogens is 2. The molecule has 1 amide bonds. The van der Waals surface area contributed by atoms with Gasteiger partial charge in [-0.3, -0.25) is 4.79 Å². The smallest absolute Gasteiger partial charge is 0.227 e. The topological polar surface area (TPSA) is 66.5 Å². The van der Waals surface area contributed by atoms with Crippen LogP contribution in [0.5, 0.6) is 0 Å². The third-order valence-corrected chi connectivity index (χ3v) is 4.78. The van der Waals surface area contributed by atoms with Crippen molar-refractivity contribution >= 4 is 21.6 Å². The number of hydrogen-bond acceptors (Lipinski definition) is 3. The highest BCUT2D eigenvalue weighted by Crippen LogP contribution is 2.22. The molecule has 0 spiro atoms. The zero-order chi connectivity index (χ0) is 15.6. The highest BCUT2D eigenvalue weighted by Gasteiger charge is 2.29. The van der Waals surface area contributed by atoms with E-state index >= 15 is 0 Å². The number of piperidine rings is 1. The number of nitrogens with one attached hydrogen (secondary N) is 1. The first kappa shape index (κ1) is 15.8. The lowest BCUT2D eigenvalue weighted by Gasteiger charge is -2.29. The first-order valence-corrected chi connectivity index (χ1v) is 8.33. The van der Waals surface area contributed by atoms with Crippen molar-refractivity contribution in [1.29, 1.82) is 0 Å². The van der Waals surface area contributed by atoms with Crippen molar-refractivity contribution in [3.63, 3.8) is 0 Å². The van der Waals surface area contributed by atoms with Crippen molar-refractivity contribution in [2.45, 2.75) is 12.8 Å². The van der Waals surface area contributed by atoms with Gasteiger partial charge >= 0.3 is 0 Å². The Hall–Kier alpha value is -1.54. The number of sulfonamides is 1. The number of carbonyl (C=O) groups excluding carboxylic acids is 1. The van der Waals surface area contributed by atoms with E-state index < -0.39 is 33.5 Å². The standard InChI is InChI=1S/C13H16F2N2O3S/c1-21(19,20)17-6-4-9(5-7-17)13(18)16-12-8-10(14)2-3-11(12)15/h2-3,8-9H,4-7H2,1H3,(H,16,18).